The van der Waals surface area contributed by atoms with Crippen LogP contribution >= 0.6 is 0 Å². The fourth-order valence-corrected chi connectivity index (χ4v) is 0.912. The van der Waals surface area contributed by atoms with Crippen molar-refractivity contribution >= 4 is 12.6 Å². The zero-order valence-electron chi connectivity index (χ0n) is 7.98. The molecular weight excluding hydrogens is 152 g/mol. The highest BCUT2D eigenvalue weighted by molar-refractivity contribution is 5.93. The molecular formula is C9H16N2O. The van der Waals surface area contributed by atoms with Crippen molar-refractivity contribution in [1.82, 2.24) is 5.43 Å². The molecule has 68 valence electrons. The van der Waals surface area contributed by atoms with Gasteiger partial charge in [0.05, 0.1) is 0 Å². The summed E-state index contributed by atoms with van der Waals surface area (Å²) in [5.74, 6) is -0.157. The number of nitrogens with zero attached hydrogens (tertiary/aromatic N) is 1. The number of rotatable bonds is 4. The average Bonchev–Trinajstić information content (AvgIpc) is 2.04. The third-order valence-electron chi connectivity index (χ3n) is 1.79. The smallest absolute Gasteiger partial charge is 0.266 e. The quantitative estimate of drug-likeness (QED) is 0.388. The van der Waals surface area contributed by atoms with Crippen LogP contribution in [0.3, 0.4) is 0 Å². The zero-order valence-corrected chi connectivity index (χ0v) is 7.98. The van der Waals surface area contributed by atoms with Crippen LogP contribution in [0.4, 0.5) is 0 Å². The lowest BCUT2D eigenvalue weighted by Gasteiger charge is -2.04. The zero-order chi connectivity index (χ0) is 9.56. The van der Waals surface area contributed by atoms with Gasteiger partial charge in [-0.1, -0.05) is 18.9 Å². The fourth-order valence-electron chi connectivity index (χ4n) is 0.912. The monoisotopic (exact) mass is 168 g/mol. The summed E-state index contributed by atoms with van der Waals surface area (Å²) >= 11 is 0. The summed E-state index contributed by atoms with van der Waals surface area (Å²) < 4.78 is 0. The van der Waals surface area contributed by atoms with E-state index in [1.807, 2.05) is 6.92 Å². The molecule has 0 spiro atoms. The van der Waals surface area contributed by atoms with Gasteiger partial charge in [-0.15, -0.1) is 0 Å². The summed E-state index contributed by atoms with van der Waals surface area (Å²) in [5, 5.41) is 3.32. The van der Waals surface area contributed by atoms with E-state index in [-0.39, 0.29) is 5.91 Å². The Hall–Kier alpha value is -1.12. The molecule has 0 heterocycles. The van der Waals surface area contributed by atoms with E-state index in [0.717, 1.165) is 24.0 Å². The lowest BCUT2D eigenvalue weighted by Crippen LogP contribution is -2.18. The molecule has 0 radical (unpaired) electrons. The van der Waals surface area contributed by atoms with Gasteiger partial charge in [0.1, 0.15) is 0 Å². The maximum atomic E-state index is 11.2. The first kappa shape index (κ1) is 10.9. The molecule has 0 aromatic rings. The molecule has 0 bridgehead atoms. The van der Waals surface area contributed by atoms with Crippen LogP contribution in [-0.4, -0.2) is 12.6 Å². The highest BCUT2D eigenvalue weighted by Crippen LogP contribution is 2.09. The molecule has 1 N–H and O–H groups in total. The summed E-state index contributed by atoms with van der Waals surface area (Å²) in [4.78, 5) is 11.2. The molecule has 0 unspecified atom stereocenters. The number of allylic oxidation sites excluding steroid dienone is 1. The van der Waals surface area contributed by atoms with E-state index in [0.29, 0.717) is 0 Å². The van der Waals surface area contributed by atoms with Crippen LogP contribution in [0.5, 0.6) is 0 Å². The van der Waals surface area contributed by atoms with Gasteiger partial charge in [0, 0.05) is 12.3 Å². The minimum absolute atomic E-state index is 0.157. The van der Waals surface area contributed by atoms with Gasteiger partial charge in [0.15, 0.2) is 0 Å². The molecule has 0 aliphatic heterocycles. The largest absolute Gasteiger partial charge is 0.268 e. The van der Waals surface area contributed by atoms with Gasteiger partial charge in [-0.05, 0) is 20.3 Å². The summed E-state index contributed by atoms with van der Waals surface area (Å²) in [7, 11) is 0. The Morgan fingerprint density at radius 3 is 2.50 bits per heavy atom. The van der Waals surface area contributed by atoms with Crippen molar-refractivity contribution in [3.05, 3.63) is 11.1 Å². The van der Waals surface area contributed by atoms with Crippen LogP contribution in [0.1, 0.15) is 33.6 Å². The third-order valence-corrected chi connectivity index (χ3v) is 1.79. The van der Waals surface area contributed by atoms with Crippen molar-refractivity contribution in [3.8, 4) is 0 Å². The van der Waals surface area contributed by atoms with Crippen LogP contribution in [0.15, 0.2) is 16.2 Å². The fraction of sp³-hybridized carbons (Fsp3) is 0.556. The van der Waals surface area contributed by atoms with Gasteiger partial charge in [0.2, 0.25) is 0 Å². The molecule has 0 saturated heterocycles. The first-order chi connectivity index (χ1) is 5.63. The van der Waals surface area contributed by atoms with Crippen molar-refractivity contribution in [3.63, 3.8) is 0 Å². The van der Waals surface area contributed by atoms with E-state index in [2.05, 4.69) is 24.2 Å². The van der Waals surface area contributed by atoms with Gasteiger partial charge >= 0.3 is 0 Å². The summed E-state index contributed by atoms with van der Waals surface area (Å²) in [6.07, 6.45) is 2.01. The van der Waals surface area contributed by atoms with Crippen LogP contribution in [0.2, 0.25) is 0 Å². The molecule has 0 aliphatic rings. The Balaban J connectivity index is 4.31. The number of amides is 1. The van der Waals surface area contributed by atoms with Gasteiger partial charge < -0.3 is 0 Å². The second-order valence-corrected chi connectivity index (χ2v) is 2.75. The van der Waals surface area contributed by atoms with E-state index in [1.54, 1.807) is 6.92 Å². The van der Waals surface area contributed by atoms with Crippen LogP contribution in [0.25, 0.3) is 0 Å². The van der Waals surface area contributed by atoms with Crippen LogP contribution in [0, 0.1) is 0 Å². The first-order valence-electron chi connectivity index (χ1n) is 4.05. The summed E-state index contributed by atoms with van der Waals surface area (Å²) in [6, 6.07) is 0. The molecule has 0 rings (SSSR count). The minimum atomic E-state index is -0.157. The van der Waals surface area contributed by atoms with Crippen molar-refractivity contribution in [2.24, 2.45) is 5.10 Å². The topological polar surface area (TPSA) is 41.5 Å². The van der Waals surface area contributed by atoms with Crippen molar-refractivity contribution in [2.45, 2.75) is 33.6 Å². The number of hydrogen-bond acceptors (Lipinski definition) is 2. The molecule has 0 aliphatic carbocycles. The second-order valence-electron chi connectivity index (χ2n) is 2.75. The lowest BCUT2D eigenvalue weighted by atomic mass is 10.1. The van der Waals surface area contributed by atoms with E-state index in [4.69, 9.17) is 0 Å². The second kappa shape index (κ2) is 5.52. The molecule has 3 nitrogen and oxygen atoms in total. The van der Waals surface area contributed by atoms with Gasteiger partial charge in [-0.3, -0.25) is 4.79 Å². The van der Waals surface area contributed by atoms with E-state index >= 15 is 0 Å². The Labute approximate surface area is 73.5 Å². The number of carbonyl (C=O) groups is 1. The van der Waals surface area contributed by atoms with Crippen LogP contribution < -0.4 is 5.43 Å². The number of carbonyl (C=O) groups excluding carboxylic acids is 1. The third kappa shape index (κ3) is 3.32. The first-order valence-corrected chi connectivity index (χ1v) is 4.05. The molecule has 0 aromatic heterocycles. The standard InChI is InChI=1S/C9H16N2O/c1-5-6-7(2)8(3)9(12)11-10-4/h4-6H2,1-3H3,(H,11,12)/b8-7+. The van der Waals surface area contributed by atoms with Gasteiger partial charge in [-0.25, -0.2) is 5.43 Å². The predicted molar refractivity (Wildman–Crippen MR) is 51.0 cm³/mol. The molecule has 0 aromatic carbocycles. The minimum Gasteiger partial charge on any atom is -0.268 e. The maximum Gasteiger partial charge on any atom is 0.266 e. The maximum absolute atomic E-state index is 11.2. The molecule has 0 atom stereocenters. The van der Waals surface area contributed by atoms with Crippen molar-refractivity contribution in [2.75, 3.05) is 0 Å². The van der Waals surface area contributed by atoms with Crippen LogP contribution in [-0.2, 0) is 4.79 Å². The molecule has 12 heavy (non-hydrogen) atoms. The van der Waals surface area contributed by atoms with Gasteiger partial charge in [-0.2, -0.15) is 5.10 Å². The molecule has 0 saturated carbocycles. The predicted octanol–water partition coefficient (Wildman–Crippen LogP) is 1.85. The highest BCUT2D eigenvalue weighted by atomic mass is 16.2. The molecule has 0 fully saturated rings. The van der Waals surface area contributed by atoms with E-state index in [1.165, 1.54) is 0 Å². The lowest BCUT2D eigenvalue weighted by molar-refractivity contribution is -0.117. The Kier molecular flexibility index (Phi) is 5.00. The highest BCUT2D eigenvalue weighted by Gasteiger charge is 2.04. The van der Waals surface area contributed by atoms with E-state index in [9.17, 15) is 4.79 Å². The number of hydrogen-bond donors (Lipinski definition) is 1. The SMILES string of the molecule is C=NNC(=O)/C(C)=C(\C)CCC. The Morgan fingerprint density at radius 2 is 2.08 bits per heavy atom. The summed E-state index contributed by atoms with van der Waals surface area (Å²) in [5.41, 5.74) is 4.15. The van der Waals surface area contributed by atoms with Crippen molar-refractivity contribution < 1.29 is 4.79 Å². The molecule has 3 heteroatoms. The Morgan fingerprint density at radius 1 is 1.50 bits per heavy atom. The summed E-state index contributed by atoms with van der Waals surface area (Å²) in [6.45, 7) is 9.02. The van der Waals surface area contributed by atoms with Gasteiger partial charge in [0.25, 0.3) is 5.91 Å². The van der Waals surface area contributed by atoms with E-state index < -0.39 is 0 Å². The number of nitrogens with one attached hydrogen (secondary N) is 1. The molecule has 1 amide bonds. The van der Waals surface area contributed by atoms with Crippen molar-refractivity contribution in [1.29, 1.82) is 0 Å². The average molecular weight is 168 g/mol. The number of hydrazone groups is 1. The Bertz CT molecular complexity index is 207. The normalized spacial score (nSPS) is 11.9.